The Hall–Kier alpha value is -1.88. The zero-order valence-corrected chi connectivity index (χ0v) is 15.4. The van der Waals surface area contributed by atoms with E-state index < -0.39 is 0 Å². The van der Waals surface area contributed by atoms with Crippen LogP contribution in [0.5, 0.6) is 0 Å². The van der Waals surface area contributed by atoms with Crippen LogP contribution < -0.4 is 10.2 Å². The number of carbonyl (C=O) groups is 1. The van der Waals surface area contributed by atoms with Crippen molar-refractivity contribution in [2.75, 3.05) is 23.3 Å². The zero-order chi connectivity index (χ0) is 17.1. The maximum Gasteiger partial charge on any atom is 0.257 e. The summed E-state index contributed by atoms with van der Waals surface area (Å²) in [6, 6.07) is 7.80. The molecule has 0 fully saturated rings. The quantitative estimate of drug-likeness (QED) is 0.877. The molecule has 2 aromatic rings. The normalized spacial score (nSPS) is 16.5. The number of nitrogens with zero attached hydrogens (tertiary/aromatic N) is 2. The second-order valence-electron chi connectivity index (χ2n) is 6.41. The van der Waals surface area contributed by atoms with Crippen molar-refractivity contribution in [1.82, 2.24) is 4.98 Å². The topological polar surface area (TPSA) is 45.2 Å². The minimum atomic E-state index is -0.0831. The first-order valence-electron chi connectivity index (χ1n) is 8.75. The molecular weight excluding hydrogens is 318 g/mol. The second-order valence-corrected chi connectivity index (χ2v) is 7.49. The number of carbonyl (C=O) groups excluding carboxylic acids is 1. The number of hydrogen-bond acceptors (Lipinski definition) is 4. The lowest BCUT2D eigenvalue weighted by Gasteiger charge is -2.20. The third-order valence-electron chi connectivity index (χ3n) is 4.66. The van der Waals surface area contributed by atoms with Crippen LogP contribution in [0.15, 0.2) is 24.3 Å². The highest BCUT2D eigenvalue weighted by Crippen LogP contribution is 2.32. The molecule has 1 atom stereocenters. The Labute approximate surface area is 147 Å². The molecule has 24 heavy (non-hydrogen) atoms. The molecule has 3 rings (SSSR count). The summed E-state index contributed by atoms with van der Waals surface area (Å²) in [7, 11) is 0. The predicted molar refractivity (Wildman–Crippen MR) is 101 cm³/mol. The lowest BCUT2D eigenvalue weighted by atomic mass is 9.93. The summed E-state index contributed by atoms with van der Waals surface area (Å²) in [4.78, 5) is 20.7. The first-order valence-corrected chi connectivity index (χ1v) is 9.57. The molecule has 0 aliphatic heterocycles. The van der Waals surface area contributed by atoms with Crippen molar-refractivity contribution >= 4 is 28.1 Å². The molecule has 1 aromatic carbocycles. The highest BCUT2D eigenvalue weighted by molar-refractivity contribution is 7.15. The molecule has 128 valence electrons. The third kappa shape index (κ3) is 3.61. The Morgan fingerprint density at radius 3 is 2.67 bits per heavy atom. The van der Waals surface area contributed by atoms with E-state index in [0.717, 1.165) is 36.8 Å². The number of thiazole rings is 1. The van der Waals surface area contributed by atoms with Gasteiger partial charge in [0.15, 0.2) is 5.13 Å². The molecule has 5 heteroatoms. The number of rotatable bonds is 5. The minimum absolute atomic E-state index is 0.0831. The van der Waals surface area contributed by atoms with Gasteiger partial charge < -0.3 is 4.90 Å². The predicted octanol–water partition coefficient (Wildman–Crippen LogP) is 4.37. The Balaban J connectivity index is 1.69. The first kappa shape index (κ1) is 17.0. The lowest BCUT2D eigenvalue weighted by Crippen LogP contribution is -2.21. The first-order chi connectivity index (χ1) is 11.6. The average Bonchev–Trinajstić information content (AvgIpc) is 2.97. The SMILES string of the molecule is CCN(CC)c1ccc(C(=O)Nc2nc3c(s2)C[C@H](C)CC3)cc1. The fourth-order valence-corrected chi connectivity index (χ4v) is 4.34. The summed E-state index contributed by atoms with van der Waals surface area (Å²) in [5.41, 5.74) is 2.99. The van der Waals surface area contributed by atoms with Gasteiger partial charge in [0.05, 0.1) is 5.69 Å². The molecule has 1 aromatic heterocycles. The van der Waals surface area contributed by atoms with Crippen molar-refractivity contribution in [3.8, 4) is 0 Å². The molecule has 0 bridgehead atoms. The summed E-state index contributed by atoms with van der Waals surface area (Å²) in [5, 5.41) is 3.69. The van der Waals surface area contributed by atoms with Gasteiger partial charge in [0.1, 0.15) is 0 Å². The standard InChI is InChI=1S/C19H25N3OS/c1-4-22(5-2)15-9-7-14(8-10-15)18(23)21-19-20-16-11-6-13(3)12-17(16)24-19/h7-10,13H,4-6,11-12H2,1-3H3,(H,20,21,23)/t13-/m1/s1. The molecule has 1 aliphatic rings. The number of benzene rings is 1. The maximum atomic E-state index is 12.5. The van der Waals surface area contributed by atoms with Crippen molar-refractivity contribution in [1.29, 1.82) is 0 Å². The Morgan fingerprint density at radius 2 is 2.00 bits per heavy atom. The van der Waals surface area contributed by atoms with Crippen LogP contribution in [-0.2, 0) is 12.8 Å². The highest BCUT2D eigenvalue weighted by Gasteiger charge is 2.20. The van der Waals surface area contributed by atoms with Gasteiger partial charge in [-0.25, -0.2) is 4.98 Å². The molecule has 1 amide bonds. The summed E-state index contributed by atoms with van der Waals surface area (Å²) < 4.78 is 0. The van der Waals surface area contributed by atoms with Crippen molar-refractivity contribution in [3.05, 3.63) is 40.4 Å². The van der Waals surface area contributed by atoms with Crippen molar-refractivity contribution in [3.63, 3.8) is 0 Å². The van der Waals surface area contributed by atoms with Gasteiger partial charge >= 0.3 is 0 Å². The zero-order valence-electron chi connectivity index (χ0n) is 14.6. The van der Waals surface area contributed by atoms with Gasteiger partial charge in [-0.3, -0.25) is 10.1 Å². The van der Waals surface area contributed by atoms with Crippen LogP contribution >= 0.6 is 11.3 Å². The monoisotopic (exact) mass is 343 g/mol. The fourth-order valence-electron chi connectivity index (χ4n) is 3.17. The number of amides is 1. The maximum absolute atomic E-state index is 12.5. The Kier molecular flexibility index (Phi) is 5.19. The van der Waals surface area contributed by atoms with Gasteiger partial charge in [-0.05, 0) is 63.3 Å². The summed E-state index contributed by atoms with van der Waals surface area (Å²) in [6.07, 6.45) is 3.31. The van der Waals surface area contributed by atoms with Crippen molar-refractivity contribution in [2.24, 2.45) is 5.92 Å². The van der Waals surface area contributed by atoms with Crippen LogP contribution in [0.3, 0.4) is 0 Å². The Bertz CT molecular complexity index is 704. The van der Waals surface area contributed by atoms with E-state index in [-0.39, 0.29) is 5.91 Å². The fraction of sp³-hybridized carbons (Fsp3) is 0.474. The Morgan fingerprint density at radius 1 is 1.29 bits per heavy atom. The van der Waals surface area contributed by atoms with E-state index in [4.69, 9.17) is 0 Å². The molecule has 0 spiro atoms. The van der Waals surface area contributed by atoms with Gasteiger partial charge in [0, 0.05) is 29.2 Å². The van der Waals surface area contributed by atoms with Crippen molar-refractivity contribution < 1.29 is 4.79 Å². The van der Waals surface area contributed by atoms with Crippen LogP contribution in [0, 0.1) is 5.92 Å². The molecule has 1 N–H and O–H groups in total. The molecule has 0 unspecified atom stereocenters. The molecule has 1 aliphatic carbocycles. The number of aromatic nitrogens is 1. The van der Waals surface area contributed by atoms with E-state index in [2.05, 4.69) is 36.0 Å². The summed E-state index contributed by atoms with van der Waals surface area (Å²) in [6.45, 7) is 8.47. The van der Waals surface area contributed by atoms with E-state index in [1.807, 2.05) is 24.3 Å². The second kappa shape index (κ2) is 7.34. The number of aryl methyl sites for hydroxylation is 1. The largest absolute Gasteiger partial charge is 0.372 e. The summed E-state index contributed by atoms with van der Waals surface area (Å²) >= 11 is 1.63. The molecule has 4 nitrogen and oxygen atoms in total. The number of fused-ring (bicyclic) bond motifs is 1. The average molecular weight is 343 g/mol. The molecule has 0 saturated carbocycles. The van der Waals surface area contributed by atoms with Gasteiger partial charge in [0.2, 0.25) is 0 Å². The molecule has 0 radical (unpaired) electrons. The van der Waals surface area contributed by atoms with Crippen LogP contribution in [0.4, 0.5) is 10.8 Å². The van der Waals surface area contributed by atoms with Crippen molar-refractivity contribution in [2.45, 2.75) is 40.0 Å². The van der Waals surface area contributed by atoms with Crippen LogP contribution in [0.1, 0.15) is 48.1 Å². The van der Waals surface area contributed by atoms with E-state index >= 15 is 0 Å². The van der Waals surface area contributed by atoms with E-state index in [1.54, 1.807) is 11.3 Å². The van der Waals surface area contributed by atoms with Gasteiger partial charge in [0.25, 0.3) is 5.91 Å². The highest BCUT2D eigenvalue weighted by atomic mass is 32.1. The van der Waals surface area contributed by atoms with E-state index in [1.165, 1.54) is 17.0 Å². The van der Waals surface area contributed by atoms with Gasteiger partial charge in [-0.1, -0.05) is 6.92 Å². The molecule has 0 saturated heterocycles. The third-order valence-corrected chi connectivity index (χ3v) is 5.70. The molecular formula is C19H25N3OS. The smallest absolute Gasteiger partial charge is 0.257 e. The van der Waals surface area contributed by atoms with Crippen LogP contribution in [0.2, 0.25) is 0 Å². The van der Waals surface area contributed by atoms with E-state index in [9.17, 15) is 4.79 Å². The molecule has 1 heterocycles. The number of hydrogen-bond donors (Lipinski definition) is 1. The van der Waals surface area contributed by atoms with Gasteiger partial charge in [-0.15, -0.1) is 11.3 Å². The van der Waals surface area contributed by atoms with E-state index in [0.29, 0.717) is 11.5 Å². The van der Waals surface area contributed by atoms with Crippen LogP contribution in [0.25, 0.3) is 0 Å². The van der Waals surface area contributed by atoms with Crippen LogP contribution in [-0.4, -0.2) is 24.0 Å². The number of nitrogens with one attached hydrogen (secondary N) is 1. The summed E-state index contributed by atoms with van der Waals surface area (Å²) in [5.74, 6) is 0.634. The minimum Gasteiger partial charge on any atom is -0.372 e. The lowest BCUT2D eigenvalue weighted by molar-refractivity contribution is 0.102. The van der Waals surface area contributed by atoms with Gasteiger partial charge in [-0.2, -0.15) is 0 Å². The number of anilines is 2.